The number of aromatic nitrogens is 4. The fourth-order valence-electron chi connectivity index (χ4n) is 3.28. The number of likely N-dealkylation sites (tertiary alicyclic amines) is 1. The van der Waals surface area contributed by atoms with Gasteiger partial charge in [-0.1, -0.05) is 35.5 Å². The number of nitrogens with zero attached hydrogens (tertiary/aromatic N) is 4. The molecule has 0 radical (unpaired) electrons. The third kappa shape index (κ3) is 3.55. The molecule has 0 unspecified atom stereocenters. The van der Waals surface area contributed by atoms with Crippen LogP contribution in [-0.2, 0) is 0 Å². The lowest BCUT2D eigenvalue weighted by Crippen LogP contribution is -2.56. The van der Waals surface area contributed by atoms with Gasteiger partial charge in [0, 0.05) is 16.8 Å². The molecule has 2 aromatic carbocycles. The van der Waals surface area contributed by atoms with E-state index in [1.807, 2.05) is 61.5 Å². The lowest BCUT2D eigenvalue weighted by Gasteiger charge is -2.38. The first kappa shape index (κ1) is 18.1. The van der Waals surface area contributed by atoms with Crippen LogP contribution in [0.3, 0.4) is 0 Å². The van der Waals surface area contributed by atoms with Crippen molar-refractivity contribution in [3.8, 4) is 28.6 Å². The molecule has 1 N–H and O–H groups in total. The van der Waals surface area contributed by atoms with Crippen molar-refractivity contribution >= 4 is 5.91 Å². The molecule has 4 aromatic rings. The van der Waals surface area contributed by atoms with Crippen LogP contribution in [0.2, 0.25) is 0 Å². The standard InChI is InChI=1S/C22H19N5O3/c1-14-11-19(25-24-14)22(28)27-12-18(13-27)29-17-9-7-16(8-10-17)21-23-20(26-30-21)15-5-3-2-4-6-15/h2-11,18H,12-13H2,1H3,(H,24,25). The van der Waals surface area contributed by atoms with Crippen LogP contribution in [-0.4, -0.2) is 50.3 Å². The lowest BCUT2D eigenvalue weighted by atomic mass is 10.1. The summed E-state index contributed by atoms with van der Waals surface area (Å²) >= 11 is 0. The minimum atomic E-state index is -0.0832. The Morgan fingerprint density at radius 1 is 1.10 bits per heavy atom. The number of carbonyl (C=O) groups is 1. The molecule has 1 saturated heterocycles. The van der Waals surface area contributed by atoms with Gasteiger partial charge in [-0.25, -0.2) is 0 Å². The summed E-state index contributed by atoms with van der Waals surface area (Å²) in [5, 5.41) is 10.8. The Morgan fingerprint density at radius 2 is 1.87 bits per heavy atom. The zero-order valence-corrected chi connectivity index (χ0v) is 16.3. The number of carbonyl (C=O) groups excluding carboxylic acids is 1. The molecule has 150 valence electrons. The third-order valence-corrected chi connectivity index (χ3v) is 4.92. The van der Waals surface area contributed by atoms with E-state index < -0.39 is 0 Å². The van der Waals surface area contributed by atoms with Gasteiger partial charge >= 0.3 is 0 Å². The second-order valence-corrected chi connectivity index (χ2v) is 7.20. The number of rotatable bonds is 5. The van der Waals surface area contributed by atoms with Crippen LogP contribution >= 0.6 is 0 Å². The first-order valence-corrected chi connectivity index (χ1v) is 9.63. The first-order chi connectivity index (χ1) is 14.7. The highest BCUT2D eigenvalue weighted by Crippen LogP contribution is 2.25. The van der Waals surface area contributed by atoms with Crippen LogP contribution in [0.4, 0.5) is 0 Å². The van der Waals surface area contributed by atoms with Crippen LogP contribution in [0.15, 0.2) is 65.2 Å². The van der Waals surface area contributed by atoms with Gasteiger partial charge in [-0.15, -0.1) is 0 Å². The molecule has 3 heterocycles. The maximum absolute atomic E-state index is 12.3. The van der Waals surface area contributed by atoms with E-state index in [1.54, 1.807) is 11.0 Å². The Hall–Kier alpha value is -3.94. The van der Waals surface area contributed by atoms with Gasteiger partial charge in [0.15, 0.2) is 0 Å². The van der Waals surface area contributed by atoms with Crippen molar-refractivity contribution < 1.29 is 14.1 Å². The van der Waals surface area contributed by atoms with Crippen LogP contribution in [0.5, 0.6) is 5.75 Å². The highest BCUT2D eigenvalue weighted by atomic mass is 16.5. The summed E-state index contributed by atoms with van der Waals surface area (Å²) in [6.07, 6.45) is -0.0343. The van der Waals surface area contributed by atoms with Crippen LogP contribution in [0.25, 0.3) is 22.8 Å². The van der Waals surface area contributed by atoms with Crippen molar-refractivity contribution in [2.75, 3.05) is 13.1 Å². The van der Waals surface area contributed by atoms with Gasteiger partial charge in [-0.3, -0.25) is 9.89 Å². The Morgan fingerprint density at radius 3 is 2.57 bits per heavy atom. The van der Waals surface area contributed by atoms with Gasteiger partial charge in [0.25, 0.3) is 11.8 Å². The fraction of sp³-hybridized carbons (Fsp3) is 0.182. The maximum atomic E-state index is 12.3. The lowest BCUT2D eigenvalue weighted by molar-refractivity contribution is 0.0173. The molecule has 5 rings (SSSR count). The molecular formula is C22H19N5O3. The molecular weight excluding hydrogens is 382 g/mol. The average Bonchev–Trinajstić information content (AvgIpc) is 3.41. The minimum absolute atomic E-state index is 0.0343. The van der Waals surface area contributed by atoms with Gasteiger partial charge in [-0.05, 0) is 37.3 Å². The number of benzene rings is 2. The summed E-state index contributed by atoms with van der Waals surface area (Å²) < 4.78 is 11.3. The topological polar surface area (TPSA) is 97.1 Å². The SMILES string of the molecule is Cc1cc(C(=O)N2CC(Oc3ccc(-c4nc(-c5ccccc5)no4)cc3)C2)n[nH]1. The largest absolute Gasteiger partial charge is 0.487 e. The molecule has 1 amide bonds. The van der Waals surface area contributed by atoms with Crippen molar-refractivity contribution in [2.24, 2.45) is 0 Å². The number of nitrogens with one attached hydrogen (secondary N) is 1. The van der Waals surface area contributed by atoms with Gasteiger partial charge in [0.2, 0.25) is 5.82 Å². The minimum Gasteiger partial charge on any atom is -0.487 e. The molecule has 0 aliphatic carbocycles. The zero-order chi connectivity index (χ0) is 20.5. The maximum Gasteiger partial charge on any atom is 0.274 e. The molecule has 1 aliphatic heterocycles. The molecule has 1 aliphatic rings. The Kier molecular flexibility index (Phi) is 4.51. The van der Waals surface area contributed by atoms with Crippen LogP contribution < -0.4 is 4.74 Å². The van der Waals surface area contributed by atoms with E-state index in [-0.39, 0.29) is 12.0 Å². The fourth-order valence-corrected chi connectivity index (χ4v) is 3.28. The van der Waals surface area contributed by atoms with E-state index in [4.69, 9.17) is 9.26 Å². The summed E-state index contributed by atoms with van der Waals surface area (Å²) in [5.74, 6) is 1.65. The molecule has 2 aromatic heterocycles. The molecule has 8 nitrogen and oxygen atoms in total. The summed E-state index contributed by atoms with van der Waals surface area (Å²) in [6.45, 7) is 2.94. The number of ether oxygens (including phenoxy) is 1. The zero-order valence-electron chi connectivity index (χ0n) is 16.3. The van der Waals surface area contributed by atoms with Gasteiger partial charge in [0.05, 0.1) is 13.1 Å². The molecule has 0 spiro atoms. The van der Waals surface area contributed by atoms with Crippen molar-refractivity contribution in [2.45, 2.75) is 13.0 Å². The summed E-state index contributed by atoms with van der Waals surface area (Å²) in [5.41, 5.74) is 3.02. The molecule has 0 saturated carbocycles. The Balaban J connectivity index is 1.19. The molecule has 0 bridgehead atoms. The van der Waals surface area contributed by atoms with E-state index in [2.05, 4.69) is 20.3 Å². The third-order valence-electron chi connectivity index (χ3n) is 4.92. The van der Waals surface area contributed by atoms with Crippen molar-refractivity contribution in [3.63, 3.8) is 0 Å². The number of hydrogen-bond acceptors (Lipinski definition) is 6. The van der Waals surface area contributed by atoms with E-state index in [9.17, 15) is 4.79 Å². The van der Waals surface area contributed by atoms with Gasteiger partial charge in [-0.2, -0.15) is 10.1 Å². The number of H-pyrrole nitrogens is 1. The summed E-state index contributed by atoms with van der Waals surface area (Å²) in [6, 6.07) is 18.9. The van der Waals surface area contributed by atoms with Crippen molar-refractivity contribution in [1.82, 2.24) is 25.2 Å². The average molecular weight is 401 g/mol. The predicted molar refractivity (Wildman–Crippen MR) is 109 cm³/mol. The van der Waals surface area contributed by atoms with Crippen LogP contribution in [0, 0.1) is 6.92 Å². The van der Waals surface area contributed by atoms with Crippen molar-refractivity contribution in [3.05, 3.63) is 72.1 Å². The summed E-state index contributed by atoms with van der Waals surface area (Å²) in [4.78, 5) is 18.5. The highest BCUT2D eigenvalue weighted by molar-refractivity contribution is 5.93. The quantitative estimate of drug-likeness (QED) is 0.551. The Bertz CT molecular complexity index is 1160. The number of hydrogen-bond donors (Lipinski definition) is 1. The number of aromatic amines is 1. The Labute approximate surface area is 172 Å². The molecule has 8 heteroatoms. The van der Waals surface area contributed by atoms with Gasteiger partial charge in [0.1, 0.15) is 17.5 Å². The summed E-state index contributed by atoms with van der Waals surface area (Å²) in [7, 11) is 0. The van der Waals surface area contributed by atoms with Gasteiger partial charge < -0.3 is 14.2 Å². The molecule has 0 atom stereocenters. The molecule has 30 heavy (non-hydrogen) atoms. The second-order valence-electron chi connectivity index (χ2n) is 7.20. The van der Waals surface area contributed by atoms with Crippen molar-refractivity contribution in [1.29, 1.82) is 0 Å². The predicted octanol–water partition coefficient (Wildman–Crippen LogP) is 3.34. The molecule has 1 fully saturated rings. The second kappa shape index (κ2) is 7.47. The van der Waals surface area contributed by atoms with E-state index in [1.165, 1.54) is 0 Å². The van der Waals surface area contributed by atoms with E-state index in [0.717, 1.165) is 22.6 Å². The first-order valence-electron chi connectivity index (χ1n) is 9.63. The van der Waals surface area contributed by atoms with E-state index in [0.29, 0.717) is 30.5 Å². The number of amides is 1. The number of aryl methyl sites for hydroxylation is 1. The normalized spacial score (nSPS) is 13.8. The smallest absolute Gasteiger partial charge is 0.274 e. The van der Waals surface area contributed by atoms with Crippen LogP contribution in [0.1, 0.15) is 16.2 Å². The monoisotopic (exact) mass is 401 g/mol. The van der Waals surface area contributed by atoms with E-state index >= 15 is 0 Å². The highest BCUT2D eigenvalue weighted by Gasteiger charge is 2.33.